The number of methoxy groups -OCH3 is 1. The number of anilines is 1. The fourth-order valence-electron chi connectivity index (χ4n) is 1.76. The molecule has 0 aliphatic heterocycles. The standard InChI is InChI=1S/C16H27N3O4S.HI/c1-7-23-13-9-8-12(10-14(13)22-5)19-15(17-4)18-11-16(2,3)24(6,20)21;/h8-10H,7,11H2,1-6H3,(H2,17,18,19);1H. The van der Waals surface area contributed by atoms with Gasteiger partial charge in [0.05, 0.1) is 18.5 Å². The third kappa shape index (κ3) is 6.89. The first-order chi connectivity index (χ1) is 11.1. The first-order valence-corrected chi connectivity index (χ1v) is 9.52. The Bertz CT molecular complexity index is 691. The number of ether oxygens (including phenoxy) is 2. The van der Waals surface area contributed by atoms with Crippen molar-refractivity contribution in [2.75, 3.05) is 38.9 Å². The van der Waals surface area contributed by atoms with E-state index in [-0.39, 0.29) is 30.5 Å². The summed E-state index contributed by atoms with van der Waals surface area (Å²) in [7, 11) is 0.00884. The largest absolute Gasteiger partial charge is 0.493 e. The second-order valence-electron chi connectivity index (χ2n) is 5.88. The molecule has 9 heteroatoms. The second kappa shape index (κ2) is 10.0. The molecule has 7 nitrogen and oxygen atoms in total. The highest BCUT2D eigenvalue weighted by Gasteiger charge is 2.30. The van der Waals surface area contributed by atoms with Crippen LogP contribution in [0.3, 0.4) is 0 Å². The van der Waals surface area contributed by atoms with Gasteiger partial charge in [0.1, 0.15) is 0 Å². The van der Waals surface area contributed by atoms with Crippen LogP contribution in [-0.4, -0.2) is 52.7 Å². The summed E-state index contributed by atoms with van der Waals surface area (Å²) >= 11 is 0. The average molecular weight is 485 g/mol. The molecule has 0 spiro atoms. The van der Waals surface area contributed by atoms with Gasteiger partial charge in [-0.3, -0.25) is 4.99 Å². The van der Waals surface area contributed by atoms with Crippen LogP contribution in [0, 0.1) is 0 Å². The second-order valence-corrected chi connectivity index (χ2v) is 8.53. The van der Waals surface area contributed by atoms with Crippen molar-refractivity contribution in [1.82, 2.24) is 5.32 Å². The molecule has 0 heterocycles. The number of nitrogens with one attached hydrogen (secondary N) is 2. The van der Waals surface area contributed by atoms with Crippen LogP contribution in [0.2, 0.25) is 0 Å². The summed E-state index contributed by atoms with van der Waals surface area (Å²) < 4.78 is 33.4. The fraction of sp³-hybridized carbons (Fsp3) is 0.562. The van der Waals surface area contributed by atoms with Gasteiger partial charge in [-0.05, 0) is 32.9 Å². The maximum atomic E-state index is 11.8. The molecule has 2 N–H and O–H groups in total. The van der Waals surface area contributed by atoms with Gasteiger partial charge in [-0.2, -0.15) is 0 Å². The quantitative estimate of drug-likeness (QED) is 0.351. The number of aliphatic imine (C=N–C) groups is 1. The number of benzene rings is 1. The van der Waals surface area contributed by atoms with Crippen LogP contribution >= 0.6 is 24.0 Å². The molecule has 144 valence electrons. The summed E-state index contributed by atoms with van der Waals surface area (Å²) in [5, 5.41) is 6.13. The van der Waals surface area contributed by atoms with Crippen molar-refractivity contribution in [2.24, 2.45) is 4.99 Å². The zero-order chi connectivity index (χ0) is 18.4. The van der Waals surface area contributed by atoms with Gasteiger partial charge in [0.25, 0.3) is 0 Å². The molecular weight excluding hydrogens is 457 g/mol. The highest BCUT2D eigenvalue weighted by Crippen LogP contribution is 2.30. The lowest BCUT2D eigenvalue weighted by molar-refractivity contribution is 0.311. The molecule has 0 fully saturated rings. The Morgan fingerprint density at radius 2 is 1.92 bits per heavy atom. The van der Waals surface area contributed by atoms with Crippen molar-refractivity contribution < 1.29 is 17.9 Å². The van der Waals surface area contributed by atoms with E-state index in [9.17, 15) is 8.42 Å². The van der Waals surface area contributed by atoms with Gasteiger partial charge in [-0.25, -0.2) is 8.42 Å². The van der Waals surface area contributed by atoms with E-state index in [1.807, 2.05) is 13.0 Å². The molecule has 0 saturated carbocycles. The van der Waals surface area contributed by atoms with E-state index >= 15 is 0 Å². The lowest BCUT2D eigenvalue weighted by Gasteiger charge is -2.24. The van der Waals surface area contributed by atoms with Crippen molar-refractivity contribution >= 4 is 45.5 Å². The molecule has 0 atom stereocenters. The maximum Gasteiger partial charge on any atom is 0.195 e. The van der Waals surface area contributed by atoms with Gasteiger partial charge in [-0.15, -0.1) is 24.0 Å². The van der Waals surface area contributed by atoms with E-state index in [0.29, 0.717) is 24.1 Å². The van der Waals surface area contributed by atoms with E-state index in [0.717, 1.165) is 5.69 Å². The molecule has 0 amide bonds. The minimum Gasteiger partial charge on any atom is -0.493 e. The first-order valence-electron chi connectivity index (χ1n) is 7.62. The summed E-state index contributed by atoms with van der Waals surface area (Å²) in [6.45, 7) is 6.03. The smallest absolute Gasteiger partial charge is 0.195 e. The van der Waals surface area contributed by atoms with E-state index < -0.39 is 14.6 Å². The summed E-state index contributed by atoms with van der Waals surface area (Å²) in [6, 6.07) is 5.43. The molecule has 0 aliphatic carbocycles. The van der Waals surface area contributed by atoms with E-state index in [2.05, 4.69) is 15.6 Å². The van der Waals surface area contributed by atoms with Gasteiger partial charge in [0.2, 0.25) is 0 Å². The van der Waals surface area contributed by atoms with Crippen LogP contribution in [0.15, 0.2) is 23.2 Å². The predicted molar refractivity (Wildman–Crippen MR) is 113 cm³/mol. The van der Waals surface area contributed by atoms with E-state index in [1.54, 1.807) is 40.1 Å². The number of halogens is 1. The molecule has 0 aromatic heterocycles. The van der Waals surface area contributed by atoms with Crippen molar-refractivity contribution in [2.45, 2.75) is 25.5 Å². The highest BCUT2D eigenvalue weighted by molar-refractivity contribution is 14.0. The van der Waals surface area contributed by atoms with Crippen molar-refractivity contribution in [1.29, 1.82) is 0 Å². The van der Waals surface area contributed by atoms with Crippen LogP contribution < -0.4 is 20.1 Å². The Labute approximate surface area is 167 Å². The molecule has 1 rings (SSSR count). The SMILES string of the molecule is CCOc1ccc(NC(=NC)NCC(C)(C)S(C)(=O)=O)cc1OC.I. The molecule has 0 unspecified atom stereocenters. The van der Waals surface area contributed by atoms with Crippen molar-refractivity contribution in [3.05, 3.63) is 18.2 Å². The van der Waals surface area contributed by atoms with Gasteiger partial charge >= 0.3 is 0 Å². The van der Waals surface area contributed by atoms with Gasteiger partial charge in [0, 0.05) is 31.6 Å². The predicted octanol–water partition coefficient (Wildman–Crippen LogP) is 2.52. The molecule has 0 bridgehead atoms. The lowest BCUT2D eigenvalue weighted by Crippen LogP contribution is -2.45. The molecule has 0 saturated heterocycles. The number of sulfone groups is 1. The number of hydrogen-bond acceptors (Lipinski definition) is 5. The summed E-state index contributed by atoms with van der Waals surface area (Å²) in [5.41, 5.74) is 0.751. The average Bonchev–Trinajstić information content (AvgIpc) is 2.51. The number of rotatable bonds is 7. The molecule has 0 aliphatic rings. The van der Waals surface area contributed by atoms with Crippen LogP contribution in [0.1, 0.15) is 20.8 Å². The number of guanidine groups is 1. The highest BCUT2D eigenvalue weighted by atomic mass is 127. The van der Waals surface area contributed by atoms with Crippen molar-refractivity contribution in [3.8, 4) is 11.5 Å². The van der Waals surface area contributed by atoms with Crippen LogP contribution in [0.25, 0.3) is 0 Å². The zero-order valence-corrected chi connectivity index (χ0v) is 18.7. The Kier molecular flexibility index (Phi) is 9.55. The number of nitrogens with zero attached hydrogens (tertiary/aromatic N) is 1. The Morgan fingerprint density at radius 3 is 2.40 bits per heavy atom. The molecule has 1 aromatic rings. The van der Waals surface area contributed by atoms with Crippen LogP contribution in [0.4, 0.5) is 5.69 Å². The maximum absolute atomic E-state index is 11.8. The summed E-state index contributed by atoms with van der Waals surface area (Å²) in [4.78, 5) is 4.11. The Hall–Kier alpha value is -1.23. The number of hydrogen-bond donors (Lipinski definition) is 2. The molecule has 1 aromatic carbocycles. The Balaban J connectivity index is 0.00000576. The first kappa shape index (κ1) is 23.8. The third-order valence-electron chi connectivity index (χ3n) is 3.64. The molecule has 0 radical (unpaired) electrons. The fourth-order valence-corrected chi connectivity index (χ4v) is 2.10. The Morgan fingerprint density at radius 1 is 1.28 bits per heavy atom. The topological polar surface area (TPSA) is 89.0 Å². The molecule has 25 heavy (non-hydrogen) atoms. The summed E-state index contributed by atoms with van der Waals surface area (Å²) in [5.74, 6) is 1.73. The minimum absolute atomic E-state index is 0. The van der Waals surface area contributed by atoms with E-state index in [1.165, 1.54) is 6.26 Å². The third-order valence-corrected chi connectivity index (χ3v) is 5.79. The van der Waals surface area contributed by atoms with E-state index in [4.69, 9.17) is 9.47 Å². The van der Waals surface area contributed by atoms with Gasteiger partial charge in [0.15, 0.2) is 27.3 Å². The minimum atomic E-state index is -3.18. The molecular formula is C16H28IN3O4S. The van der Waals surface area contributed by atoms with Crippen molar-refractivity contribution in [3.63, 3.8) is 0 Å². The zero-order valence-electron chi connectivity index (χ0n) is 15.5. The lowest BCUT2D eigenvalue weighted by atomic mass is 10.2. The van der Waals surface area contributed by atoms with Gasteiger partial charge in [-0.1, -0.05) is 0 Å². The summed E-state index contributed by atoms with van der Waals surface area (Å²) in [6.07, 6.45) is 1.22. The van der Waals surface area contributed by atoms with Crippen LogP contribution in [0.5, 0.6) is 11.5 Å². The van der Waals surface area contributed by atoms with Gasteiger partial charge < -0.3 is 20.1 Å². The monoisotopic (exact) mass is 485 g/mol. The van der Waals surface area contributed by atoms with Crippen LogP contribution in [-0.2, 0) is 9.84 Å². The normalized spacial score (nSPS) is 12.2.